The highest BCUT2D eigenvalue weighted by Gasteiger charge is 2.20. The van der Waals surface area contributed by atoms with Gasteiger partial charge in [0.25, 0.3) is 0 Å². The Balaban J connectivity index is 2.37. The van der Waals surface area contributed by atoms with Crippen molar-refractivity contribution in [3.05, 3.63) is 22.8 Å². The van der Waals surface area contributed by atoms with Crippen molar-refractivity contribution < 1.29 is 15.0 Å². The van der Waals surface area contributed by atoms with Crippen LogP contribution < -0.4 is 5.73 Å². The molecule has 0 aliphatic carbocycles. The van der Waals surface area contributed by atoms with E-state index < -0.39 is 6.09 Å². The quantitative estimate of drug-likeness (QED) is 0.469. The molecule has 1 aromatic carbocycles. The smallest absolute Gasteiger partial charge is 0.407 e. The number of nitrogens with zero attached hydrogens (tertiary/aromatic N) is 1. The molecule has 1 aromatic rings. The Kier molecular flexibility index (Phi) is 2.83. The molecule has 0 spiro atoms. The van der Waals surface area contributed by atoms with Gasteiger partial charge in [-0.2, -0.15) is 0 Å². The van der Waals surface area contributed by atoms with Gasteiger partial charge in [-0.05, 0) is 42.5 Å². The lowest BCUT2D eigenvalue weighted by Crippen LogP contribution is -2.31. The van der Waals surface area contributed by atoms with Crippen molar-refractivity contribution in [2.75, 3.05) is 18.8 Å². The van der Waals surface area contributed by atoms with E-state index in [1.807, 2.05) is 6.92 Å². The van der Waals surface area contributed by atoms with Crippen molar-refractivity contribution in [1.82, 2.24) is 4.90 Å². The van der Waals surface area contributed by atoms with Gasteiger partial charge in [0.1, 0.15) is 5.75 Å². The number of nitrogen functional groups attached to an aromatic ring is 1. The number of hydrogen-bond donors (Lipinski definition) is 3. The Labute approximate surface area is 99.5 Å². The number of hydrogen-bond acceptors (Lipinski definition) is 3. The number of aromatic hydroxyl groups is 1. The fraction of sp³-hybridized carbons (Fsp3) is 0.417. The summed E-state index contributed by atoms with van der Waals surface area (Å²) in [5.41, 5.74) is 8.92. The summed E-state index contributed by atoms with van der Waals surface area (Å²) >= 11 is 0. The van der Waals surface area contributed by atoms with E-state index in [-0.39, 0.29) is 5.75 Å². The maximum Gasteiger partial charge on any atom is 0.407 e. The molecule has 2 rings (SSSR count). The number of anilines is 1. The average Bonchev–Trinajstić information content (AvgIpc) is 2.48. The van der Waals surface area contributed by atoms with E-state index in [1.165, 1.54) is 4.90 Å². The lowest BCUT2D eigenvalue weighted by Gasteiger charge is -2.15. The summed E-state index contributed by atoms with van der Waals surface area (Å²) in [4.78, 5) is 12.3. The predicted molar refractivity (Wildman–Crippen MR) is 64.3 cm³/mol. The van der Waals surface area contributed by atoms with Gasteiger partial charge in [-0.3, -0.25) is 0 Å². The second kappa shape index (κ2) is 4.16. The van der Waals surface area contributed by atoms with Gasteiger partial charge in [0.15, 0.2) is 0 Å². The molecule has 0 aromatic heterocycles. The number of phenolic OH excluding ortho intramolecular Hbond substituents is 1. The molecular formula is C12H16N2O3. The van der Waals surface area contributed by atoms with Crippen LogP contribution in [-0.2, 0) is 12.8 Å². The SMILES string of the molecule is Cc1c(O)c(N)cc2c1CCN(C(=O)O)CC2. The van der Waals surface area contributed by atoms with Crippen LogP contribution in [0.1, 0.15) is 16.7 Å². The second-order valence-corrected chi connectivity index (χ2v) is 4.35. The van der Waals surface area contributed by atoms with Crippen molar-refractivity contribution in [3.8, 4) is 5.75 Å². The third-order valence-electron chi connectivity index (χ3n) is 3.35. The molecule has 5 heteroatoms. The van der Waals surface area contributed by atoms with E-state index in [4.69, 9.17) is 10.8 Å². The first-order valence-corrected chi connectivity index (χ1v) is 5.58. The third-order valence-corrected chi connectivity index (χ3v) is 3.35. The van der Waals surface area contributed by atoms with Crippen molar-refractivity contribution in [2.45, 2.75) is 19.8 Å². The van der Waals surface area contributed by atoms with E-state index in [0.717, 1.165) is 16.7 Å². The molecule has 1 heterocycles. The predicted octanol–water partition coefficient (Wildman–Crippen LogP) is 1.36. The van der Waals surface area contributed by atoms with Crippen molar-refractivity contribution in [1.29, 1.82) is 0 Å². The Bertz CT molecular complexity index is 471. The number of amides is 1. The van der Waals surface area contributed by atoms with Crippen LogP contribution in [-0.4, -0.2) is 34.3 Å². The maximum absolute atomic E-state index is 10.9. The summed E-state index contributed by atoms with van der Waals surface area (Å²) in [5, 5.41) is 18.7. The standard InChI is InChI=1S/C12H16N2O3/c1-7-9-3-5-14(12(16)17)4-2-8(9)6-10(13)11(7)15/h6,15H,2-5,13H2,1H3,(H,16,17). The van der Waals surface area contributed by atoms with E-state index in [1.54, 1.807) is 6.07 Å². The van der Waals surface area contributed by atoms with E-state index in [9.17, 15) is 9.90 Å². The molecule has 0 unspecified atom stereocenters. The molecule has 0 saturated heterocycles. The first kappa shape index (κ1) is 11.6. The highest BCUT2D eigenvalue weighted by atomic mass is 16.4. The highest BCUT2D eigenvalue weighted by molar-refractivity contribution is 5.66. The number of nitrogens with two attached hydrogens (primary N) is 1. The van der Waals surface area contributed by atoms with Crippen molar-refractivity contribution >= 4 is 11.8 Å². The summed E-state index contributed by atoms with van der Waals surface area (Å²) < 4.78 is 0. The zero-order valence-corrected chi connectivity index (χ0v) is 9.73. The second-order valence-electron chi connectivity index (χ2n) is 4.35. The molecule has 5 nitrogen and oxygen atoms in total. The summed E-state index contributed by atoms with van der Waals surface area (Å²) in [6.07, 6.45) is 0.376. The third kappa shape index (κ3) is 2.00. The highest BCUT2D eigenvalue weighted by Crippen LogP contribution is 2.32. The normalized spacial score (nSPS) is 15.2. The summed E-state index contributed by atoms with van der Waals surface area (Å²) in [6.45, 7) is 2.76. The summed E-state index contributed by atoms with van der Waals surface area (Å²) in [7, 11) is 0. The number of rotatable bonds is 0. The topological polar surface area (TPSA) is 86.8 Å². The monoisotopic (exact) mass is 236 g/mol. The molecule has 0 fully saturated rings. The van der Waals surface area contributed by atoms with Gasteiger partial charge in [0.2, 0.25) is 0 Å². The Hall–Kier alpha value is -1.91. The van der Waals surface area contributed by atoms with Crippen LogP contribution >= 0.6 is 0 Å². The molecule has 0 radical (unpaired) electrons. The first-order chi connectivity index (χ1) is 8.00. The van der Waals surface area contributed by atoms with E-state index in [2.05, 4.69) is 0 Å². The fourth-order valence-corrected chi connectivity index (χ4v) is 2.32. The van der Waals surface area contributed by atoms with Gasteiger partial charge in [-0.25, -0.2) is 4.79 Å². The molecule has 0 saturated carbocycles. The fourth-order valence-electron chi connectivity index (χ4n) is 2.32. The Morgan fingerprint density at radius 2 is 2.06 bits per heavy atom. The van der Waals surface area contributed by atoms with Crippen LogP contribution in [0.3, 0.4) is 0 Å². The van der Waals surface area contributed by atoms with Gasteiger partial charge in [0.05, 0.1) is 5.69 Å². The molecule has 92 valence electrons. The number of fused-ring (bicyclic) bond motifs is 1. The Morgan fingerprint density at radius 1 is 1.41 bits per heavy atom. The molecule has 1 aliphatic rings. The van der Waals surface area contributed by atoms with Gasteiger partial charge in [-0.1, -0.05) is 0 Å². The minimum atomic E-state index is -0.896. The number of benzene rings is 1. The van der Waals surface area contributed by atoms with E-state index in [0.29, 0.717) is 31.6 Å². The summed E-state index contributed by atoms with van der Waals surface area (Å²) in [5.74, 6) is 0.118. The van der Waals surface area contributed by atoms with E-state index >= 15 is 0 Å². The molecule has 0 atom stereocenters. The molecule has 4 N–H and O–H groups in total. The van der Waals surface area contributed by atoms with Crippen LogP contribution in [0.2, 0.25) is 0 Å². The van der Waals surface area contributed by atoms with Crippen molar-refractivity contribution in [3.63, 3.8) is 0 Å². The van der Waals surface area contributed by atoms with Crippen molar-refractivity contribution in [2.24, 2.45) is 0 Å². The van der Waals surface area contributed by atoms with Crippen LogP contribution in [0.25, 0.3) is 0 Å². The molecule has 1 aliphatic heterocycles. The maximum atomic E-state index is 10.9. The van der Waals surface area contributed by atoms with Gasteiger partial charge in [0, 0.05) is 13.1 Å². The van der Waals surface area contributed by atoms with Crippen LogP contribution in [0, 0.1) is 6.92 Å². The molecule has 17 heavy (non-hydrogen) atoms. The Morgan fingerprint density at radius 3 is 2.71 bits per heavy atom. The average molecular weight is 236 g/mol. The number of phenols is 1. The zero-order chi connectivity index (χ0) is 12.6. The van der Waals surface area contributed by atoms with Gasteiger partial charge < -0.3 is 20.8 Å². The molecular weight excluding hydrogens is 220 g/mol. The minimum absolute atomic E-state index is 0.118. The van der Waals surface area contributed by atoms with Gasteiger partial charge in [-0.15, -0.1) is 0 Å². The van der Waals surface area contributed by atoms with Crippen LogP contribution in [0.5, 0.6) is 5.75 Å². The zero-order valence-electron chi connectivity index (χ0n) is 9.73. The number of carboxylic acid groups (broad SMARTS) is 1. The lowest BCUT2D eigenvalue weighted by molar-refractivity contribution is 0.147. The van der Waals surface area contributed by atoms with Gasteiger partial charge >= 0.3 is 6.09 Å². The first-order valence-electron chi connectivity index (χ1n) is 5.58. The lowest BCUT2D eigenvalue weighted by atomic mass is 9.96. The molecule has 0 bridgehead atoms. The van der Waals surface area contributed by atoms with Crippen LogP contribution in [0.15, 0.2) is 6.07 Å². The minimum Gasteiger partial charge on any atom is -0.506 e. The largest absolute Gasteiger partial charge is 0.506 e. The molecule has 1 amide bonds. The summed E-state index contributed by atoms with van der Waals surface area (Å²) in [6, 6.07) is 1.75. The number of carbonyl (C=O) groups is 1. The van der Waals surface area contributed by atoms with Crippen LogP contribution in [0.4, 0.5) is 10.5 Å².